The Bertz CT molecular complexity index is 767. The third kappa shape index (κ3) is 2.61. The lowest BCUT2D eigenvalue weighted by Crippen LogP contribution is -2.34. The zero-order chi connectivity index (χ0) is 16.3. The Balaban J connectivity index is 2.79. The molecule has 2 aromatic rings. The summed E-state index contributed by atoms with van der Waals surface area (Å²) in [6, 6.07) is 3.57. The molecule has 0 atom stereocenters. The fourth-order valence-corrected chi connectivity index (χ4v) is 2.39. The SMILES string of the molecule is CCNC(=O)c1c(N)c2ccc(NCC)nc2n(CC)c1=O. The van der Waals surface area contributed by atoms with Crippen LogP contribution in [0.5, 0.6) is 0 Å². The lowest BCUT2D eigenvalue weighted by atomic mass is 10.1. The van der Waals surface area contributed by atoms with Gasteiger partial charge in [0.05, 0.1) is 5.69 Å². The van der Waals surface area contributed by atoms with Gasteiger partial charge in [-0.15, -0.1) is 0 Å². The molecule has 0 unspecified atom stereocenters. The number of nitrogens with zero attached hydrogens (tertiary/aromatic N) is 2. The summed E-state index contributed by atoms with van der Waals surface area (Å²) in [5, 5.41) is 6.33. The fourth-order valence-electron chi connectivity index (χ4n) is 2.39. The molecular formula is C15H21N5O2. The maximum Gasteiger partial charge on any atom is 0.267 e. The van der Waals surface area contributed by atoms with E-state index < -0.39 is 11.5 Å². The molecule has 0 fully saturated rings. The molecule has 0 saturated heterocycles. The minimum atomic E-state index is -0.454. The van der Waals surface area contributed by atoms with Gasteiger partial charge in [-0.05, 0) is 32.9 Å². The van der Waals surface area contributed by atoms with E-state index in [-0.39, 0.29) is 11.3 Å². The Morgan fingerprint density at radius 3 is 2.59 bits per heavy atom. The Kier molecular flexibility index (Phi) is 4.65. The molecular weight excluding hydrogens is 282 g/mol. The van der Waals surface area contributed by atoms with Gasteiger partial charge >= 0.3 is 0 Å². The van der Waals surface area contributed by atoms with Crippen LogP contribution in [0.3, 0.4) is 0 Å². The van der Waals surface area contributed by atoms with Crippen molar-refractivity contribution in [3.05, 3.63) is 28.0 Å². The second kappa shape index (κ2) is 6.46. The molecule has 0 bridgehead atoms. The van der Waals surface area contributed by atoms with Gasteiger partial charge in [-0.3, -0.25) is 14.2 Å². The van der Waals surface area contributed by atoms with Crippen molar-refractivity contribution in [2.24, 2.45) is 0 Å². The number of hydrogen-bond acceptors (Lipinski definition) is 5. The molecule has 2 aromatic heterocycles. The quantitative estimate of drug-likeness (QED) is 0.770. The van der Waals surface area contributed by atoms with Gasteiger partial charge < -0.3 is 16.4 Å². The molecule has 0 aliphatic carbocycles. The largest absolute Gasteiger partial charge is 0.397 e. The summed E-state index contributed by atoms with van der Waals surface area (Å²) < 4.78 is 1.47. The molecule has 22 heavy (non-hydrogen) atoms. The first-order chi connectivity index (χ1) is 10.5. The van der Waals surface area contributed by atoms with Crippen molar-refractivity contribution in [1.29, 1.82) is 0 Å². The lowest BCUT2D eigenvalue weighted by molar-refractivity contribution is 0.0955. The van der Waals surface area contributed by atoms with E-state index in [1.54, 1.807) is 19.1 Å². The lowest BCUT2D eigenvalue weighted by Gasteiger charge is -2.14. The number of rotatable bonds is 5. The van der Waals surface area contributed by atoms with Crippen LogP contribution >= 0.6 is 0 Å². The second-order valence-electron chi connectivity index (χ2n) is 4.80. The van der Waals surface area contributed by atoms with Gasteiger partial charge in [-0.25, -0.2) is 4.98 Å². The topological polar surface area (TPSA) is 102 Å². The monoisotopic (exact) mass is 303 g/mol. The molecule has 0 aliphatic heterocycles. The van der Waals surface area contributed by atoms with Crippen molar-refractivity contribution in [1.82, 2.24) is 14.9 Å². The van der Waals surface area contributed by atoms with Crippen molar-refractivity contribution >= 4 is 28.4 Å². The number of hydrogen-bond donors (Lipinski definition) is 3. The summed E-state index contributed by atoms with van der Waals surface area (Å²) in [6.45, 7) is 7.15. The van der Waals surface area contributed by atoms with E-state index in [9.17, 15) is 9.59 Å². The Morgan fingerprint density at radius 2 is 2.00 bits per heavy atom. The summed E-state index contributed by atoms with van der Waals surface area (Å²) in [5.41, 5.74) is 6.28. The number of nitrogen functional groups attached to an aromatic ring is 1. The second-order valence-corrected chi connectivity index (χ2v) is 4.80. The summed E-state index contributed by atoms with van der Waals surface area (Å²) in [4.78, 5) is 29.2. The van der Waals surface area contributed by atoms with Gasteiger partial charge in [0.15, 0.2) is 0 Å². The van der Waals surface area contributed by atoms with Crippen LogP contribution in [-0.4, -0.2) is 28.5 Å². The van der Waals surface area contributed by atoms with Gasteiger partial charge in [-0.2, -0.15) is 0 Å². The predicted molar refractivity (Wildman–Crippen MR) is 88.3 cm³/mol. The molecule has 1 amide bonds. The maximum absolute atomic E-state index is 12.6. The van der Waals surface area contributed by atoms with Gasteiger partial charge in [0.2, 0.25) is 0 Å². The van der Waals surface area contributed by atoms with Crippen molar-refractivity contribution in [2.75, 3.05) is 24.1 Å². The number of fused-ring (bicyclic) bond motifs is 1. The van der Waals surface area contributed by atoms with E-state index in [0.717, 1.165) is 6.54 Å². The predicted octanol–water partition coefficient (Wildman–Crippen LogP) is 1.18. The van der Waals surface area contributed by atoms with E-state index in [4.69, 9.17) is 5.73 Å². The number of aryl methyl sites for hydroxylation is 1. The van der Waals surface area contributed by atoms with Gasteiger partial charge in [0.25, 0.3) is 11.5 Å². The summed E-state index contributed by atoms with van der Waals surface area (Å²) >= 11 is 0. The van der Waals surface area contributed by atoms with E-state index in [1.165, 1.54) is 4.57 Å². The van der Waals surface area contributed by atoms with Crippen LogP contribution in [0.4, 0.5) is 11.5 Å². The standard InChI is InChI=1S/C15H21N5O2/c1-4-17-10-8-7-9-12(16)11(14(21)18-5-2)15(22)20(6-3)13(9)19-10/h7-8H,4-6,16H2,1-3H3,(H,17,19)(H,18,21). The number of carbonyl (C=O) groups excluding carboxylic acids is 1. The zero-order valence-corrected chi connectivity index (χ0v) is 13.1. The van der Waals surface area contributed by atoms with Crippen LogP contribution in [0, 0.1) is 0 Å². The normalized spacial score (nSPS) is 10.7. The van der Waals surface area contributed by atoms with Gasteiger partial charge in [-0.1, -0.05) is 0 Å². The Morgan fingerprint density at radius 1 is 1.27 bits per heavy atom. The zero-order valence-electron chi connectivity index (χ0n) is 13.1. The van der Waals surface area contributed by atoms with Crippen molar-refractivity contribution < 1.29 is 4.79 Å². The smallest absolute Gasteiger partial charge is 0.267 e. The maximum atomic E-state index is 12.6. The first-order valence-corrected chi connectivity index (χ1v) is 7.40. The Labute approximate surface area is 128 Å². The van der Waals surface area contributed by atoms with Crippen LogP contribution in [0.25, 0.3) is 11.0 Å². The van der Waals surface area contributed by atoms with Crippen LogP contribution in [0.15, 0.2) is 16.9 Å². The first kappa shape index (κ1) is 15.8. The van der Waals surface area contributed by atoms with Gasteiger partial charge in [0.1, 0.15) is 17.0 Å². The molecule has 0 aliphatic rings. The number of aromatic nitrogens is 2. The van der Waals surface area contributed by atoms with E-state index >= 15 is 0 Å². The Hall–Kier alpha value is -2.57. The molecule has 0 saturated carbocycles. The molecule has 0 radical (unpaired) electrons. The van der Waals surface area contributed by atoms with Crippen LogP contribution in [0.1, 0.15) is 31.1 Å². The highest BCUT2D eigenvalue weighted by atomic mass is 16.2. The first-order valence-electron chi connectivity index (χ1n) is 7.40. The molecule has 2 rings (SSSR count). The van der Waals surface area contributed by atoms with E-state index in [1.807, 2.05) is 13.8 Å². The summed E-state index contributed by atoms with van der Waals surface area (Å²) in [6.07, 6.45) is 0. The summed E-state index contributed by atoms with van der Waals surface area (Å²) in [7, 11) is 0. The molecule has 0 spiro atoms. The number of nitrogens with two attached hydrogens (primary N) is 1. The highest BCUT2D eigenvalue weighted by Crippen LogP contribution is 2.23. The van der Waals surface area contributed by atoms with E-state index in [2.05, 4.69) is 15.6 Å². The highest BCUT2D eigenvalue weighted by molar-refractivity contribution is 6.05. The van der Waals surface area contributed by atoms with Crippen LogP contribution < -0.4 is 21.9 Å². The highest BCUT2D eigenvalue weighted by Gasteiger charge is 2.20. The third-order valence-electron chi connectivity index (χ3n) is 3.39. The van der Waals surface area contributed by atoms with Crippen molar-refractivity contribution in [3.8, 4) is 0 Å². The number of pyridine rings is 2. The molecule has 7 nitrogen and oxygen atoms in total. The minimum Gasteiger partial charge on any atom is -0.397 e. The average Bonchev–Trinajstić information content (AvgIpc) is 2.48. The number of nitrogens with one attached hydrogen (secondary N) is 2. The van der Waals surface area contributed by atoms with Crippen molar-refractivity contribution in [2.45, 2.75) is 27.3 Å². The number of carbonyl (C=O) groups is 1. The molecule has 7 heteroatoms. The molecule has 4 N–H and O–H groups in total. The fraction of sp³-hybridized carbons (Fsp3) is 0.400. The molecule has 0 aromatic carbocycles. The molecule has 2 heterocycles. The van der Waals surface area contributed by atoms with Crippen LogP contribution in [-0.2, 0) is 6.54 Å². The number of anilines is 2. The summed E-state index contributed by atoms with van der Waals surface area (Å²) in [5.74, 6) is 0.214. The van der Waals surface area contributed by atoms with Crippen LogP contribution in [0.2, 0.25) is 0 Å². The average molecular weight is 303 g/mol. The number of amides is 1. The molecule has 118 valence electrons. The minimum absolute atomic E-state index is 0.0193. The van der Waals surface area contributed by atoms with Crippen molar-refractivity contribution in [3.63, 3.8) is 0 Å². The van der Waals surface area contributed by atoms with E-state index in [0.29, 0.717) is 29.9 Å². The van der Waals surface area contributed by atoms with Gasteiger partial charge in [0, 0.05) is 25.0 Å². The third-order valence-corrected chi connectivity index (χ3v) is 3.39.